The first-order valence-electron chi connectivity index (χ1n) is 5.67. The van der Waals surface area contributed by atoms with Gasteiger partial charge in [-0.05, 0) is 30.4 Å². The number of hydrogen-bond donors (Lipinski definition) is 1. The number of hydrogen-bond acceptors (Lipinski definition) is 1. The second-order valence-electron chi connectivity index (χ2n) is 4.46. The topological polar surface area (TPSA) is 17.0 Å². The van der Waals surface area contributed by atoms with Crippen molar-refractivity contribution in [2.24, 2.45) is 5.92 Å². The lowest BCUT2D eigenvalue weighted by Gasteiger charge is -2.00. The van der Waals surface area contributed by atoms with Crippen LogP contribution in [0, 0.1) is 5.92 Å². The lowest BCUT2D eigenvalue weighted by molar-refractivity contribution is 0.645. The van der Waals surface area contributed by atoms with Gasteiger partial charge in [-0.1, -0.05) is 13.8 Å². The van der Waals surface area contributed by atoms with Crippen molar-refractivity contribution in [3.8, 4) is 0 Å². The van der Waals surface area contributed by atoms with E-state index in [2.05, 4.69) is 42.2 Å². The van der Waals surface area contributed by atoms with Crippen LogP contribution in [0.3, 0.4) is 0 Å². The highest BCUT2D eigenvalue weighted by Crippen LogP contribution is 2.29. The van der Waals surface area contributed by atoms with Crippen molar-refractivity contribution in [2.75, 3.05) is 0 Å². The zero-order valence-corrected chi connectivity index (χ0v) is 9.16. The number of nitrogens with zero attached hydrogens (tertiary/aromatic N) is 1. The molecule has 2 atom stereocenters. The molecule has 2 nitrogen and oxygen atoms in total. The van der Waals surface area contributed by atoms with Crippen LogP contribution >= 0.6 is 0 Å². The Hall–Kier alpha value is -0.760. The van der Waals surface area contributed by atoms with Crippen LogP contribution < -0.4 is 5.32 Å². The molecule has 0 amide bonds. The fraction of sp³-hybridized carbons (Fsp3) is 0.667. The molecule has 1 aromatic heterocycles. The minimum absolute atomic E-state index is 0.782. The van der Waals surface area contributed by atoms with Crippen molar-refractivity contribution < 1.29 is 0 Å². The van der Waals surface area contributed by atoms with Gasteiger partial charge in [-0.15, -0.1) is 0 Å². The molecule has 2 heteroatoms. The molecule has 0 aromatic carbocycles. The Morgan fingerprint density at radius 1 is 1.57 bits per heavy atom. The van der Waals surface area contributed by atoms with Crippen LogP contribution in [0.4, 0.5) is 0 Å². The molecule has 1 aliphatic rings. The van der Waals surface area contributed by atoms with Crippen LogP contribution in [0.5, 0.6) is 0 Å². The van der Waals surface area contributed by atoms with E-state index in [0.29, 0.717) is 0 Å². The molecule has 0 bridgehead atoms. The van der Waals surface area contributed by atoms with Gasteiger partial charge in [0.2, 0.25) is 0 Å². The number of rotatable bonds is 5. The Bertz CT molecular complexity index is 290. The van der Waals surface area contributed by atoms with Crippen molar-refractivity contribution >= 4 is 0 Å². The first-order valence-corrected chi connectivity index (χ1v) is 5.67. The summed E-state index contributed by atoms with van der Waals surface area (Å²) in [5.41, 5.74) is 1.41. The Morgan fingerprint density at radius 3 is 3.00 bits per heavy atom. The van der Waals surface area contributed by atoms with Gasteiger partial charge >= 0.3 is 0 Å². The molecule has 0 spiro atoms. The van der Waals surface area contributed by atoms with E-state index in [0.717, 1.165) is 25.0 Å². The van der Waals surface area contributed by atoms with Gasteiger partial charge in [0.1, 0.15) is 0 Å². The average molecular weight is 192 g/mol. The lowest BCUT2D eigenvalue weighted by Crippen LogP contribution is -2.16. The van der Waals surface area contributed by atoms with E-state index in [1.54, 1.807) is 0 Å². The maximum absolute atomic E-state index is 3.56. The van der Waals surface area contributed by atoms with Gasteiger partial charge in [0.25, 0.3) is 0 Å². The van der Waals surface area contributed by atoms with Gasteiger partial charge in [0, 0.05) is 31.5 Å². The molecule has 2 rings (SSSR count). The third-order valence-corrected chi connectivity index (χ3v) is 2.97. The zero-order chi connectivity index (χ0) is 9.97. The standard InChI is InChI=1S/C12H20N2/c1-3-5-14-6-4-11(9-14)8-13-12-7-10(12)2/h4,6,9-10,12-13H,3,5,7-8H2,1-2H3. The summed E-state index contributed by atoms with van der Waals surface area (Å²) in [5, 5.41) is 3.56. The van der Waals surface area contributed by atoms with Gasteiger partial charge in [-0.25, -0.2) is 0 Å². The SMILES string of the molecule is CCCn1ccc(CNC2CC2C)c1. The van der Waals surface area contributed by atoms with Crippen molar-refractivity contribution in [1.82, 2.24) is 9.88 Å². The highest BCUT2D eigenvalue weighted by Gasteiger charge is 2.31. The fourth-order valence-corrected chi connectivity index (χ4v) is 1.85. The first kappa shape index (κ1) is 9.78. The maximum atomic E-state index is 3.56. The Morgan fingerprint density at radius 2 is 2.36 bits per heavy atom. The van der Waals surface area contributed by atoms with E-state index in [1.165, 1.54) is 18.4 Å². The molecule has 0 saturated heterocycles. The number of nitrogens with one attached hydrogen (secondary N) is 1. The maximum Gasteiger partial charge on any atom is 0.0223 e. The zero-order valence-electron chi connectivity index (χ0n) is 9.16. The Labute approximate surface area is 86.3 Å². The summed E-state index contributed by atoms with van der Waals surface area (Å²) in [4.78, 5) is 0. The minimum Gasteiger partial charge on any atom is -0.354 e. The molecule has 1 N–H and O–H groups in total. The molecular formula is C12H20N2. The predicted octanol–water partition coefficient (Wildman–Crippen LogP) is 2.40. The summed E-state index contributed by atoms with van der Waals surface area (Å²) in [7, 11) is 0. The summed E-state index contributed by atoms with van der Waals surface area (Å²) in [6.07, 6.45) is 7.00. The van der Waals surface area contributed by atoms with Gasteiger partial charge in [-0.3, -0.25) is 0 Å². The smallest absolute Gasteiger partial charge is 0.0223 e. The highest BCUT2D eigenvalue weighted by atomic mass is 15.0. The fourth-order valence-electron chi connectivity index (χ4n) is 1.85. The second-order valence-corrected chi connectivity index (χ2v) is 4.46. The van der Waals surface area contributed by atoms with Gasteiger partial charge < -0.3 is 9.88 Å². The molecule has 1 aromatic rings. The third kappa shape index (κ3) is 2.38. The first-order chi connectivity index (χ1) is 6.79. The normalized spacial score (nSPS) is 25.3. The number of aromatic nitrogens is 1. The summed E-state index contributed by atoms with van der Waals surface area (Å²) in [5.74, 6) is 0.896. The quantitative estimate of drug-likeness (QED) is 0.758. The molecule has 1 fully saturated rings. The van der Waals surface area contributed by atoms with Crippen LogP contribution in [0.1, 0.15) is 32.3 Å². The minimum atomic E-state index is 0.782. The van der Waals surface area contributed by atoms with Gasteiger partial charge in [-0.2, -0.15) is 0 Å². The Balaban J connectivity index is 1.78. The third-order valence-electron chi connectivity index (χ3n) is 2.97. The van der Waals surface area contributed by atoms with Crippen molar-refractivity contribution in [2.45, 2.75) is 45.8 Å². The molecule has 14 heavy (non-hydrogen) atoms. The van der Waals surface area contributed by atoms with Crippen LogP contribution in [-0.4, -0.2) is 10.6 Å². The summed E-state index contributed by atoms with van der Waals surface area (Å²) in [6.45, 7) is 6.69. The predicted molar refractivity (Wildman–Crippen MR) is 59.1 cm³/mol. The second kappa shape index (κ2) is 4.18. The van der Waals surface area contributed by atoms with E-state index in [1.807, 2.05) is 0 Å². The van der Waals surface area contributed by atoms with E-state index < -0.39 is 0 Å². The monoisotopic (exact) mass is 192 g/mol. The van der Waals surface area contributed by atoms with Crippen LogP contribution in [0.25, 0.3) is 0 Å². The van der Waals surface area contributed by atoms with E-state index in [-0.39, 0.29) is 0 Å². The van der Waals surface area contributed by atoms with Crippen molar-refractivity contribution in [1.29, 1.82) is 0 Å². The van der Waals surface area contributed by atoms with E-state index in [4.69, 9.17) is 0 Å². The Kier molecular flexibility index (Phi) is 2.92. The van der Waals surface area contributed by atoms with Crippen molar-refractivity contribution in [3.63, 3.8) is 0 Å². The molecule has 1 saturated carbocycles. The summed E-state index contributed by atoms with van der Waals surface area (Å²) >= 11 is 0. The van der Waals surface area contributed by atoms with E-state index >= 15 is 0 Å². The molecule has 0 radical (unpaired) electrons. The van der Waals surface area contributed by atoms with Gasteiger partial charge in [0.05, 0.1) is 0 Å². The van der Waals surface area contributed by atoms with Crippen LogP contribution in [0.2, 0.25) is 0 Å². The summed E-state index contributed by atoms with van der Waals surface area (Å²) < 4.78 is 2.27. The van der Waals surface area contributed by atoms with Crippen LogP contribution in [-0.2, 0) is 13.1 Å². The molecule has 2 unspecified atom stereocenters. The van der Waals surface area contributed by atoms with Crippen LogP contribution in [0.15, 0.2) is 18.5 Å². The molecule has 1 aliphatic carbocycles. The molecule has 1 heterocycles. The van der Waals surface area contributed by atoms with E-state index in [9.17, 15) is 0 Å². The van der Waals surface area contributed by atoms with Gasteiger partial charge in [0.15, 0.2) is 0 Å². The lowest BCUT2D eigenvalue weighted by atomic mass is 10.3. The average Bonchev–Trinajstić information content (AvgIpc) is 2.69. The molecule has 78 valence electrons. The molecule has 0 aliphatic heterocycles. The highest BCUT2D eigenvalue weighted by molar-refractivity contribution is 5.10. The summed E-state index contributed by atoms with van der Waals surface area (Å²) in [6, 6.07) is 3.00. The largest absolute Gasteiger partial charge is 0.354 e. The number of aryl methyl sites for hydroxylation is 1. The molecular weight excluding hydrogens is 172 g/mol. The van der Waals surface area contributed by atoms with Crippen molar-refractivity contribution in [3.05, 3.63) is 24.0 Å².